The Hall–Kier alpha value is -2.66. The van der Waals surface area contributed by atoms with E-state index in [9.17, 15) is 9.59 Å². The summed E-state index contributed by atoms with van der Waals surface area (Å²) >= 11 is 0. The molecule has 0 unspecified atom stereocenters. The number of likely N-dealkylation sites (N-methyl/N-ethyl adjacent to an activating group) is 2. The standard InChI is InChI=1S/C21H27N3O2/c1-16-10-11-17(2)19(12-16)22-20(25)14-24(4)21(26)15-23(3)13-18-8-6-5-7-9-18/h5-12H,13-15H2,1-4H3,(H,22,25). The normalized spacial score (nSPS) is 10.7. The van der Waals surface area contributed by atoms with Crippen LogP contribution in [0.5, 0.6) is 0 Å². The van der Waals surface area contributed by atoms with Gasteiger partial charge in [-0.2, -0.15) is 0 Å². The number of nitrogens with zero attached hydrogens (tertiary/aromatic N) is 2. The van der Waals surface area contributed by atoms with Gasteiger partial charge in [-0.3, -0.25) is 14.5 Å². The lowest BCUT2D eigenvalue weighted by atomic mass is 10.1. The fraction of sp³-hybridized carbons (Fsp3) is 0.333. The molecule has 0 spiro atoms. The summed E-state index contributed by atoms with van der Waals surface area (Å²) in [5.41, 5.74) is 4.02. The molecule has 2 aromatic rings. The van der Waals surface area contributed by atoms with Crippen LogP contribution in [-0.2, 0) is 16.1 Å². The van der Waals surface area contributed by atoms with Gasteiger partial charge in [0.25, 0.3) is 0 Å². The van der Waals surface area contributed by atoms with E-state index >= 15 is 0 Å². The van der Waals surface area contributed by atoms with Gasteiger partial charge in [0.05, 0.1) is 13.1 Å². The van der Waals surface area contributed by atoms with Crippen molar-refractivity contribution in [3.63, 3.8) is 0 Å². The third-order valence-corrected chi connectivity index (χ3v) is 4.17. The molecule has 5 nitrogen and oxygen atoms in total. The average molecular weight is 353 g/mol. The van der Waals surface area contributed by atoms with Crippen LogP contribution in [0.15, 0.2) is 48.5 Å². The zero-order valence-corrected chi connectivity index (χ0v) is 16.0. The van der Waals surface area contributed by atoms with E-state index in [0.29, 0.717) is 6.54 Å². The highest BCUT2D eigenvalue weighted by Gasteiger charge is 2.15. The molecule has 1 N–H and O–H groups in total. The maximum atomic E-state index is 12.4. The number of carbonyl (C=O) groups is 2. The number of amides is 2. The topological polar surface area (TPSA) is 52.7 Å². The van der Waals surface area contributed by atoms with Crippen molar-refractivity contribution < 1.29 is 9.59 Å². The zero-order chi connectivity index (χ0) is 19.1. The SMILES string of the molecule is Cc1ccc(C)c(NC(=O)CN(C)C(=O)CN(C)Cc2ccccc2)c1. The zero-order valence-electron chi connectivity index (χ0n) is 16.0. The molecular weight excluding hydrogens is 326 g/mol. The molecule has 0 aromatic heterocycles. The first kappa shape index (κ1) is 19.7. The van der Waals surface area contributed by atoms with Crippen molar-refractivity contribution >= 4 is 17.5 Å². The summed E-state index contributed by atoms with van der Waals surface area (Å²) in [4.78, 5) is 28.0. The monoisotopic (exact) mass is 353 g/mol. The lowest BCUT2D eigenvalue weighted by Gasteiger charge is -2.22. The van der Waals surface area contributed by atoms with Crippen LogP contribution in [0.25, 0.3) is 0 Å². The van der Waals surface area contributed by atoms with Gasteiger partial charge in [0.15, 0.2) is 0 Å². The molecule has 0 bridgehead atoms. The van der Waals surface area contributed by atoms with Crippen molar-refractivity contribution in [2.24, 2.45) is 0 Å². The Morgan fingerprint density at radius 3 is 2.35 bits per heavy atom. The first-order chi connectivity index (χ1) is 12.3. The fourth-order valence-electron chi connectivity index (χ4n) is 2.67. The highest BCUT2D eigenvalue weighted by atomic mass is 16.2. The first-order valence-corrected chi connectivity index (χ1v) is 8.68. The number of hydrogen-bond acceptors (Lipinski definition) is 3. The lowest BCUT2D eigenvalue weighted by molar-refractivity contribution is -0.134. The van der Waals surface area contributed by atoms with Crippen molar-refractivity contribution in [3.8, 4) is 0 Å². The Morgan fingerprint density at radius 2 is 1.65 bits per heavy atom. The molecule has 0 aliphatic carbocycles. The van der Waals surface area contributed by atoms with Crippen LogP contribution >= 0.6 is 0 Å². The summed E-state index contributed by atoms with van der Waals surface area (Å²) in [5.74, 6) is -0.278. The van der Waals surface area contributed by atoms with Crippen LogP contribution in [0.4, 0.5) is 5.69 Å². The molecule has 0 aliphatic rings. The molecule has 138 valence electrons. The Bertz CT molecular complexity index is 759. The summed E-state index contributed by atoms with van der Waals surface area (Å²) in [6.07, 6.45) is 0. The molecule has 0 saturated carbocycles. The quantitative estimate of drug-likeness (QED) is 0.833. The molecule has 0 saturated heterocycles. The van der Waals surface area contributed by atoms with Crippen molar-refractivity contribution in [1.82, 2.24) is 9.80 Å². The van der Waals surface area contributed by atoms with Crippen LogP contribution in [-0.4, -0.2) is 48.8 Å². The molecular formula is C21H27N3O2. The van der Waals surface area contributed by atoms with Crippen molar-refractivity contribution in [2.75, 3.05) is 32.5 Å². The van der Waals surface area contributed by atoms with Gasteiger partial charge < -0.3 is 10.2 Å². The van der Waals surface area contributed by atoms with E-state index < -0.39 is 0 Å². The van der Waals surface area contributed by atoms with Gasteiger partial charge >= 0.3 is 0 Å². The molecule has 2 rings (SSSR count). The third kappa shape index (κ3) is 6.01. The predicted octanol–water partition coefficient (Wildman–Crippen LogP) is 2.83. The van der Waals surface area contributed by atoms with Crippen molar-refractivity contribution in [1.29, 1.82) is 0 Å². The number of carbonyl (C=O) groups excluding carboxylic acids is 2. The van der Waals surface area contributed by atoms with E-state index in [4.69, 9.17) is 0 Å². The van der Waals surface area contributed by atoms with Crippen LogP contribution < -0.4 is 5.32 Å². The lowest BCUT2D eigenvalue weighted by Crippen LogP contribution is -2.40. The van der Waals surface area contributed by atoms with E-state index in [1.807, 2.05) is 74.3 Å². The van der Waals surface area contributed by atoms with E-state index in [1.165, 1.54) is 4.90 Å². The second-order valence-electron chi connectivity index (χ2n) is 6.77. The minimum atomic E-state index is -0.194. The number of aryl methyl sites for hydroxylation is 2. The van der Waals surface area contributed by atoms with Gasteiger partial charge in [-0.05, 0) is 43.7 Å². The second kappa shape index (κ2) is 9.15. The van der Waals surface area contributed by atoms with Gasteiger partial charge in [-0.15, -0.1) is 0 Å². The molecule has 0 radical (unpaired) electrons. The smallest absolute Gasteiger partial charge is 0.243 e. The molecule has 26 heavy (non-hydrogen) atoms. The van der Waals surface area contributed by atoms with Crippen molar-refractivity contribution in [3.05, 3.63) is 65.2 Å². The minimum absolute atomic E-state index is 0.0331. The summed E-state index contributed by atoms with van der Waals surface area (Å²) in [5, 5.41) is 2.88. The number of hydrogen-bond donors (Lipinski definition) is 1. The third-order valence-electron chi connectivity index (χ3n) is 4.17. The first-order valence-electron chi connectivity index (χ1n) is 8.68. The minimum Gasteiger partial charge on any atom is -0.335 e. The number of benzene rings is 2. The number of anilines is 1. The number of nitrogens with one attached hydrogen (secondary N) is 1. The molecule has 0 atom stereocenters. The Balaban J connectivity index is 1.84. The highest BCUT2D eigenvalue weighted by Crippen LogP contribution is 2.16. The molecule has 5 heteroatoms. The van der Waals surface area contributed by atoms with Gasteiger partial charge in [0, 0.05) is 19.3 Å². The highest BCUT2D eigenvalue weighted by molar-refractivity contribution is 5.95. The van der Waals surface area contributed by atoms with Crippen LogP contribution in [0.1, 0.15) is 16.7 Å². The van der Waals surface area contributed by atoms with Crippen LogP contribution in [0.3, 0.4) is 0 Å². The average Bonchev–Trinajstić information content (AvgIpc) is 2.58. The largest absolute Gasteiger partial charge is 0.335 e. The Morgan fingerprint density at radius 1 is 0.962 bits per heavy atom. The Kier molecular flexibility index (Phi) is 6.92. The van der Waals surface area contributed by atoms with Crippen molar-refractivity contribution in [2.45, 2.75) is 20.4 Å². The van der Waals surface area contributed by atoms with Crippen LogP contribution in [0.2, 0.25) is 0 Å². The van der Waals surface area contributed by atoms with Gasteiger partial charge in [0.2, 0.25) is 11.8 Å². The van der Waals surface area contributed by atoms with Crippen LogP contribution in [0, 0.1) is 13.8 Å². The molecule has 2 aromatic carbocycles. The molecule has 0 fully saturated rings. The second-order valence-corrected chi connectivity index (χ2v) is 6.77. The van der Waals surface area contributed by atoms with Gasteiger partial charge in [-0.25, -0.2) is 0 Å². The summed E-state index contributed by atoms with van der Waals surface area (Å²) in [6.45, 7) is 4.92. The number of rotatable bonds is 7. The summed E-state index contributed by atoms with van der Waals surface area (Å²) in [6, 6.07) is 15.9. The summed E-state index contributed by atoms with van der Waals surface area (Å²) < 4.78 is 0. The van der Waals surface area contributed by atoms with E-state index in [1.54, 1.807) is 7.05 Å². The maximum absolute atomic E-state index is 12.4. The molecule has 0 heterocycles. The van der Waals surface area contributed by atoms with E-state index in [0.717, 1.165) is 22.4 Å². The predicted molar refractivity (Wildman–Crippen MR) is 105 cm³/mol. The Labute approximate surface area is 155 Å². The fourth-order valence-corrected chi connectivity index (χ4v) is 2.67. The maximum Gasteiger partial charge on any atom is 0.243 e. The molecule has 2 amide bonds. The van der Waals surface area contributed by atoms with E-state index in [-0.39, 0.29) is 24.9 Å². The summed E-state index contributed by atoms with van der Waals surface area (Å²) in [7, 11) is 3.55. The van der Waals surface area contributed by atoms with Gasteiger partial charge in [-0.1, -0.05) is 42.5 Å². The van der Waals surface area contributed by atoms with E-state index in [2.05, 4.69) is 5.32 Å². The molecule has 0 aliphatic heterocycles. The van der Waals surface area contributed by atoms with Gasteiger partial charge in [0.1, 0.15) is 0 Å².